The summed E-state index contributed by atoms with van der Waals surface area (Å²) in [5.74, 6) is -2.10. The molecule has 8 nitrogen and oxygen atoms in total. The number of hydrogen-bond donors (Lipinski definition) is 0. The van der Waals surface area contributed by atoms with Crippen LogP contribution in [0.5, 0.6) is 11.5 Å². The van der Waals surface area contributed by atoms with Gasteiger partial charge in [0.15, 0.2) is 0 Å². The summed E-state index contributed by atoms with van der Waals surface area (Å²) < 4.78 is 210. The van der Waals surface area contributed by atoms with Crippen molar-refractivity contribution < 1.29 is 81.2 Å². The van der Waals surface area contributed by atoms with Crippen LogP contribution in [-0.2, 0) is 43.8 Å². The van der Waals surface area contributed by atoms with Crippen molar-refractivity contribution in [2.24, 2.45) is 0 Å². The summed E-state index contributed by atoms with van der Waals surface area (Å²) >= 11 is -0.609. The molecule has 2 fully saturated rings. The Bertz CT molecular complexity index is 2400. The number of unbranched alkanes of at least 4 members (excludes halogenated alkanes) is 2. The molecule has 0 unspecified atom stereocenters. The Hall–Kier alpha value is -5.67. The average Bonchev–Trinajstić information content (AvgIpc) is 3.32. The third kappa shape index (κ3) is 13.4. The molecule has 71 heavy (non-hydrogen) atoms. The van der Waals surface area contributed by atoms with E-state index in [0.717, 1.165) is 0 Å². The third-order valence-electron chi connectivity index (χ3n) is 11.3. The van der Waals surface area contributed by atoms with Crippen LogP contribution in [0.15, 0.2) is 82.6 Å². The van der Waals surface area contributed by atoms with Crippen LogP contribution < -0.4 is 9.47 Å². The summed E-state index contributed by atoms with van der Waals surface area (Å²) in [4.78, 5) is 25.8. The molecule has 0 aromatic heterocycles. The van der Waals surface area contributed by atoms with E-state index in [9.17, 15) is 9.59 Å². The van der Waals surface area contributed by atoms with Gasteiger partial charge in [-0.1, -0.05) is 74.8 Å². The van der Waals surface area contributed by atoms with E-state index in [0.29, 0.717) is 62.1 Å². The zero-order valence-electron chi connectivity index (χ0n) is 38.3. The number of alkyl halides is 12. The van der Waals surface area contributed by atoms with Gasteiger partial charge in [0.05, 0.1) is 61.9 Å². The van der Waals surface area contributed by atoms with E-state index in [4.69, 9.17) is 18.9 Å². The summed E-state index contributed by atoms with van der Waals surface area (Å²) in [7, 11) is 0. The molecule has 0 saturated carbocycles. The Morgan fingerprint density at radius 1 is 0.535 bits per heavy atom. The molecular formula is C50H48F12N2O6S. The number of benzene rings is 4. The average molecular weight is 1030 g/mol. The molecular weight excluding hydrogens is 985 g/mol. The predicted molar refractivity (Wildman–Crippen MR) is 242 cm³/mol. The van der Waals surface area contributed by atoms with E-state index in [1.165, 1.54) is 58.3 Å². The lowest BCUT2D eigenvalue weighted by molar-refractivity contribution is -0.164. The molecule has 0 spiro atoms. The summed E-state index contributed by atoms with van der Waals surface area (Å²) in [5.41, 5.74) is -14.3. The fourth-order valence-electron chi connectivity index (χ4n) is 7.94. The van der Waals surface area contributed by atoms with Crippen LogP contribution >= 0.6 is 11.8 Å². The van der Waals surface area contributed by atoms with E-state index in [1.54, 1.807) is 13.8 Å². The van der Waals surface area contributed by atoms with Gasteiger partial charge in [0.2, 0.25) is 11.8 Å². The van der Waals surface area contributed by atoms with Gasteiger partial charge >= 0.3 is 24.7 Å². The molecule has 21 heteroatoms. The first-order valence-electron chi connectivity index (χ1n) is 22.5. The molecule has 2 aliphatic heterocycles. The zero-order chi connectivity index (χ0) is 51.7. The first kappa shape index (κ1) is 54.7. The van der Waals surface area contributed by atoms with Crippen molar-refractivity contribution in [1.29, 1.82) is 0 Å². The molecule has 4 aromatic carbocycles. The highest BCUT2D eigenvalue weighted by atomic mass is 32.2. The van der Waals surface area contributed by atoms with Crippen molar-refractivity contribution in [2.45, 2.75) is 74.0 Å². The number of nitrogens with zero attached hydrogens (tertiary/aromatic N) is 2. The summed E-state index contributed by atoms with van der Waals surface area (Å²) in [6.45, 7) is 3.78. The fourth-order valence-corrected chi connectivity index (χ4v) is 9.17. The number of hydrogen-bond acceptors (Lipinski definition) is 7. The molecule has 6 rings (SSSR count). The van der Waals surface area contributed by atoms with Crippen LogP contribution in [0.4, 0.5) is 52.7 Å². The van der Waals surface area contributed by atoms with E-state index < -0.39 is 103 Å². The Kier molecular flexibility index (Phi) is 17.9. The second-order valence-corrected chi connectivity index (χ2v) is 17.3. The van der Waals surface area contributed by atoms with Crippen LogP contribution in [0.1, 0.15) is 72.9 Å². The standard InChI is InChI=1S/C50H48F12N2O6S/c1-3-5-23-69-37-13-9-7-11-31(37)35-29-39(45(49(57,58)59)43(47(51,52)53)33(35)15-17-41(65)63-19-25-67-26-20-63)71-40-30-36(32-12-8-10-14-38(32)70-24-6-4-2)34(16-18-42(66)64-21-27-68-28-22-64)44(48(54,55)56)46(40)50(60,61)62/h7-18,29-30H,3-6,19-28H2,1-2H3/b17-15+,18-16+. The zero-order valence-corrected chi connectivity index (χ0v) is 39.1. The van der Waals surface area contributed by atoms with Gasteiger partial charge in [-0.25, -0.2) is 0 Å². The van der Waals surface area contributed by atoms with Crippen molar-refractivity contribution in [3.05, 3.63) is 106 Å². The molecule has 0 radical (unpaired) electrons. The Balaban J connectivity index is 1.74. The minimum Gasteiger partial charge on any atom is -0.493 e. The maximum Gasteiger partial charge on any atom is 0.418 e. The van der Waals surface area contributed by atoms with E-state index in [-0.39, 0.29) is 88.4 Å². The topological polar surface area (TPSA) is 77.5 Å². The number of carbonyl (C=O) groups is 2. The quantitative estimate of drug-likeness (QED) is 0.0628. The molecule has 384 valence electrons. The van der Waals surface area contributed by atoms with Gasteiger partial charge < -0.3 is 28.7 Å². The van der Waals surface area contributed by atoms with Gasteiger partial charge in [-0.05, 0) is 71.5 Å². The maximum absolute atomic E-state index is 15.7. The van der Waals surface area contributed by atoms with Gasteiger partial charge in [0.25, 0.3) is 0 Å². The van der Waals surface area contributed by atoms with Crippen LogP contribution in [0, 0.1) is 0 Å². The number of para-hydroxylation sites is 2. The number of carbonyl (C=O) groups excluding carboxylic acids is 2. The SMILES string of the molecule is CCCCOc1ccccc1-c1cc(Sc2cc(-c3ccccc3OCCCC)c(/C=C/C(=O)N3CCOCC3)c(C(F)(F)F)c2C(F)(F)F)c(C(F)(F)F)c(C(F)(F)F)c1/C=C/C(=O)N1CCOCC1. The van der Waals surface area contributed by atoms with E-state index in [1.807, 2.05) is 0 Å². The number of ether oxygens (including phenoxy) is 4. The number of rotatable bonds is 16. The summed E-state index contributed by atoms with van der Waals surface area (Å²) in [6.07, 6.45) is -19.7. The number of morpholine rings is 2. The maximum atomic E-state index is 15.7. The van der Waals surface area contributed by atoms with Crippen LogP contribution in [-0.4, -0.2) is 87.4 Å². The smallest absolute Gasteiger partial charge is 0.418 e. The highest BCUT2D eigenvalue weighted by Crippen LogP contribution is 2.56. The van der Waals surface area contributed by atoms with Crippen LogP contribution in [0.25, 0.3) is 34.4 Å². The van der Waals surface area contributed by atoms with E-state index >= 15 is 52.7 Å². The predicted octanol–water partition coefficient (Wildman–Crippen LogP) is 13.3. The van der Waals surface area contributed by atoms with Crippen LogP contribution in [0.2, 0.25) is 0 Å². The fraction of sp³-hybridized carbons (Fsp3) is 0.400. The summed E-state index contributed by atoms with van der Waals surface area (Å²) in [5, 5.41) is 0. The van der Waals surface area contributed by atoms with Crippen molar-refractivity contribution >= 4 is 35.7 Å². The monoisotopic (exact) mass is 1030 g/mol. The second kappa shape index (κ2) is 23.3. The van der Waals surface area contributed by atoms with Crippen molar-refractivity contribution in [1.82, 2.24) is 9.80 Å². The molecule has 0 N–H and O–H groups in total. The lowest BCUT2D eigenvalue weighted by Gasteiger charge is -2.28. The Labute approximate surface area is 405 Å². The highest BCUT2D eigenvalue weighted by Gasteiger charge is 2.50. The molecule has 0 bridgehead atoms. The second-order valence-electron chi connectivity index (χ2n) is 16.2. The number of halogens is 12. The van der Waals surface area contributed by atoms with Gasteiger partial charge in [-0.2, -0.15) is 52.7 Å². The lowest BCUT2D eigenvalue weighted by atomic mass is 9.90. The third-order valence-corrected chi connectivity index (χ3v) is 12.4. The first-order chi connectivity index (χ1) is 33.6. The minimum atomic E-state index is -6.05. The molecule has 4 aromatic rings. The van der Waals surface area contributed by atoms with Crippen LogP contribution in [0.3, 0.4) is 0 Å². The molecule has 2 saturated heterocycles. The van der Waals surface area contributed by atoms with E-state index in [2.05, 4.69) is 0 Å². The van der Waals surface area contributed by atoms with Crippen molar-refractivity contribution in [2.75, 3.05) is 65.8 Å². The van der Waals surface area contributed by atoms with Gasteiger partial charge in [0.1, 0.15) is 11.5 Å². The molecule has 2 aliphatic rings. The molecule has 0 aliphatic carbocycles. The highest BCUT2D eigenvalue weighted by molar-refractivity contribution is 7.99. The first-order valence-corrected chi connectivity index (χ1v) is 23.3. The van der Waals surface area contributed by atoms with Gasteiger partial charge in [0, 0.05) is 59.2 Å². The molecule has 2 heterocycles. The lowest BCUT2D eigenvalue weighted by Crippen LogP contribution is -2.39. The summed E-state index contributed by atoms with van der Waals surface area (Å²) in [6, 6.07) is 11.4. The van der Waals surface area contributed by atoms with Gasteiger partial charge in [-0.3, -0.25) is 9.59 Å². The van der Waals surface area contributed by atoms with Gasteiger partial charge in [-0.15, -0.1) is 0 Å². The normalized spacial score (nSPS) is 15.2. The Morgan fingerprint density at radius 3 is 1.20 bits per heavy atom. The molecule has 0 atom stereocenters. The number of amides is 2. The minimum absolute atomic E-state index is 0.00280. The largest absolute Gasteiger partial charge is 0.493 e. The van der Waals surface area contributed by atoms with Crippen molar-refractivity contribution in [3.63, 3.8) is 0 Å². The van der Waals surface area contributed by atoms with Crippen molar-refractivity contribution in [3.8, 4) is 33.8 Å². The Morgan fingerprint density at radius 2 is 0.873 bits per heavy atom. The molecule has 2 amide bonds.